The highest BCUT2D eigenvalue weighted by Gasteiger charge is 2.21. The van der Waals surface area contributed by atoms with E-state index >= 15 is 0 Å². The molecule has 0 unspecified atom stereocenters. The van der Waals surface area contributed by atoms with Gasteiger partial charge in [-0.1, -0.05) is 30.3 Å². The van der Waals surface area contributed by atoms with E-state index in [0.717, 1.165) is 5.01 Å². The van der Waals surface area contributed by atoms with Crippen molar-refractivity contribution in [3.63, 3.8) is 0 Å². The number of nitro groups is 1. The second-order valence-electron chi connectivity index (χ2n) is 5.41. The Labute approximate surface area is 148 Å². The molecule has 0 radical (unpaired) electrons. The van der Waals surface area contributed by atoms with E-state index in [1.807, 2.05) is 37.3 Å². The minimum Gasteiger partial charge on any atom is -0.303 e. The molecule has 0 fully saturated rings. The van der Waals surface area contributed by atoms with Gasteiger partial charge in [0.15, 0.2) is 0 Å². The molecule has 0 saturated carbocycles. The summed E-state index contributed by atoms with van der Waals surface area (Å²) in [7, 11) is 0. The molecule has 0 aliphatic carbocycles. The number of non-ortho nitro benzene ring substituents is 1. The molecule has 0 spiro atoms. The summed E-state index contributed by atoms with van der Waals surface area (Å²) in [6, 6.07) is 15.5. The highest BCUT2D eigenvalue weighted by Crippen LogP contribution is 2.22. The van der Waals surface area contributed by atoms with Crippen molar-refractivity contribution in [3.05, 3.63) is 86.4 Å². The van der Waals surface area contributed by atoms with Gasteiger partial charge in [0, 0.05) is 23.2 Å². The first-order valence-electron chi connectivity index (χ1n) is 7.57. The largest absolute Gasteiger partial charge is 0.303 e. The Balaban J connectivity index is 1.96. The summed E-state index contributed by atoms with van der Waals surface area (Å²) >= 11 is 1.41. The van der Waals surface area contributed by atoms with Crippen LogP contribution >= 0.6 is 11.3 Å². The minimum absolute atomic E-state index is 0.00228. The molecule has 3 rings (SSSR count). The van der Waals surface area contributed by atoms with E-state index in [1.54, 1.807) is 22.4 Å². The molecule has 0 aliphatic rings. The van der Waals surface area contributed by atoms with E-state index < -0.39 is 4.92 Å². The zero-order valence-electron chi connectivity index (χ0n) is 13.5. The van der Waals surface area contributed by atoms with Crippen LogP contribution in [-0.2, 0) is 6.54 Å². The van der Waals surface area contributed by atoms with Gasteiger partial charge in [0.25, 0.3) is 11.6 Å². The average Bonchev–Trinajstić information content (AvgIpc) is 3.06. The molecule has 25 heavy (non-hydrogen) atoms. The maximum atomic E-state index is 12.9. The van der Waals surface area contributed by atoms with Crippen LogP contribution in [0.4, 0.5) is 11.4 Å². The second-order valence-corrected chi connectivity index (χ2v) is 6.47. The maximum Gasteiger partial charge on any atom is 0.278 e. The molecule has 0 aliphatic heterocycles. The number of aryl methyl sites for hydroxylation is 1. The van der Waals surface area contributed by atoms with Crippen molar-refractivity contribution in [3.8, 4) is 0 Å². The lowest BCUT2D eigenvalue weighted by atomic mass is 10.1. The molecule has 0 atom stereocenters. The van der Waals surface area contributed by atoms with Gasteiger partial charge in [0.05, 0.1) is 16.5 Å². The number of hydrogen-bond donors (Lipinski definition) is 0. The lowest BCUT2D eigenvalue weighted by Gasteiger charge is -2.22. The van der Waals surface area contributed by atoms with Crippen LogP contribution in [0.1, 0.15) is 21.1 Å². The van der Waals surface area contributed by atoms with Crippen LogP contribution < -0.4 is 4.90 Å². The SMILES string of the molecule is Cc1nc(C(=O)N(Cc2cccc([N+](=O)[O-])c2)c2ccccc2)cs1. The second kappa shape index (κ2) is 7.23. The Bertz CT molecular complexity index is 909. The highest BCUT2D eigenvalue weighted by atomic mass is 32.1. The van der Waals surface area contributed by atoms with Crippen LogP contribution in [0.25, 0.3) is 0 Å². The van der Waals surface area contributed by atoms with Gasteiger partial charge in [-0.05, 0) is 24.6 Å². The molecule has 1 aromatic heterocycles. The van der Waals surface area contributed by atoms with Crippen molar-refractivity contribution in [1.82, 2.24) is 4.98 Å². The van der Waals surface area contributed by atoms with Crippen LogP contribution in [0, 0.1) is 17.0 Å². The van der Waals surface area contributed by atoms with E-state index in [1.165, 1.54) is 23.5 Å². The van der Waals surface area contributed by atoms with Crippen LogP contribution in [-0.4, -0.2) is 15.8 Å². The number of nitro benzene ring substituents is 1. The molecule has 6 nitrogen and oxygen atoms in total. The summed E-state index contributed by atoms with van der Waals surface area (Å²) in [5.41, 5.74) is 1.77. The molecule has 1 heterocycles. The Morgan fingerprint density at radius 3 is 2.60 bits per heavy atom. The van der Waals surface area contributed by atoms with Gasteiger partial charge >= 0.3 is 0 Å². The topological polar surface area (TPSA) is 76.3 Å². The van der Waals surface area contributed by atoms with E-state index in [9.17, 15) is 14.9 Å². The Morgan fingerprint density at radius 1 is 1.20 bits per heavy atom. The molecular weight excluding hydrogens is 338 g/mol. The number of anilines is 1. The van der Waals surface area contributed by atoms with Crippen molar-refractivity contribution in [2.24, 2.45) is 0 Å². The van der Waals surface area contributed by atoms with Gasteiger partial charge in [0.2, 0.25) is 0 Å². The van der Waals surface area contributed by atoms with Crippen LogP contribution in [0.15, 0.2) is 60.0 Å². The number of para-hydroxylation sites is 1. The summed E-state index contributed by atoms with van der Waals surface area (Å²) in [5.74, 6) is -0.234. The van der Waals surface area contributed by atoms with Crippen molar-refractivity contribution in [2.75, 3.05) is 4.90 Å². The summed E-state index contributed by atoms with van der Waals surface area (Å²) in [5, 5.41) is 13.5. The van der Waals surface area contributed by atoms with Gasteiger partial charge in [-0.2, -0.15) is 0 Å². The fourth-order valence-corrected chi connectivity index (χ4v) is 3.03. The van der Waals surface area contributed by atoms with Crippen molar-refractivity contribution >= 4 is 28.6 Å². The Hall–Kier alpha value is -3.06. The van der Waals surface area contributed by atoms with Crippen LogP contribution in [0.2, 0.25) is 0 Å². The summed E-state index contributed by atoms with van der Waals surface area (Å²) in [6.07, 6.45) is 0. The third kappa shape index (κ3) is 3.89. The predicted molar refractivity (Wildman–Crippen MR) is 96.9 cm³/mol. The summed E-state index contributed by atoms with van der Waals surface area (Å²) in [4.78, 5) is 29.3. The molecular formula is C18H15N3O3S. The maximum absolute atomic E-state index is 12.9. The van der Waals surface area contributed by atoms with E-state index in [-0.39, 0.29) is 18.1 Å². The van der Waals surface area contributed by atoms with Crippen LogP contribution in [0.5, 0.6) is 0 Å². The third-order valence-electron chi connectivity index (χ3n) is 3.61. The highest BCUT2D eigenvalue weighted by molar-refractivity contribution is 7.09. The smallest absolute Gasteiger partial charge is 0.278 e. The van der Waals surface area contributed by atoms with Crippen molar-refractivity contribution in [1.29, 1.82) is 0 Å². The minimum atomic E-state index is -0.442. The molecule has 7 heteroatoms. The summed E-state index contributed by atoms with van der Waals surface area (Å²) < 4.78 is 0. The number of amides is 1. The van der Waals surface area contributed by atoms with E-state index in [2.05, 4.69) is 4.98 Å². The summed E-state index contributed by atoms with van der Waals surface area (Å²) in [6.45, 7) is 2.07. The number of carbonyl (C=O) groups excluding carboxylic acids is 1. The average molecular weight is 353 g/mol. The number of nitrogens with zero attached hydrogens (tertiary/aromatic N) is 3. The molecule has 0 bridgehead atoms. The number of benzene rings is 2. The molecule has 3 aromatic rings. The molecule has 0 saturated heterocycles. The Morgan fingerprint density at radius 2 is 1.96 bits per heavy atom. The van der Waals surface area contributed by atoms with Gasteiger partial charge in [-0.3, -0.25) is 14.9 Å². The van der Waals surface area contributed by atoms with E-state index in [4.69, 9.17) is 0 Å². The van der Waals surface area contributed by atoms with E-state index in [0.29, 0.717) is 16.9 Å². The standard InChI is InChI=1S/C18H15N3O3S/c1-13-19-17(12-25-13)18(22)20(15-7-3-2-4-8-15)11-14-6-5-9-16(10-14)21(23)24/h2-10,12H,11H2,1H3. The van der Waals surface area contributed by atoms with Gasteiger partial charge in [-0.25, -0.2) is 4.98 Å². The zero-order chi connectivity index (χ0) is 17.8. The predicted octanol–water partition coefficient (Wildman–Crippen LogP) is 4.21. The lowest BCUT2D eigenvalue weighted by molar-refractivity contribution is -0.384. The quantitative estimate of drug-likeness (QED) is 0.509. The number of aromatic nitrogens is 1. The molecule has 1 amide bonds. The molecule has 2 aromatic carbocycles. The van der Waals surface area contributed by atoms with Crippen LogP contribution in [0.3, 0.4) is 0 Å². The number of carbonyl (C=O) groups is 1. The van der Waals surface area contributed by atoms with Crippen molar-refractivity contribution < 1.29 is 9.72 Å². The first-order chi connectivity index (χ1) is 12.0. The fraction of sp³-hybridized carbons (Fsp3) is 0.111. The van der Waals surface area contributed by atoms with Crippen molar-refractivity contribution in [2.45, 2.75) is 13.5 Å². The third-order valence-corrected chi connectivity index (χ3v) is 4.39. The first-order valence-corrected chi connectivity index (χ1v) is 8.45. The van der Waals surface area contributed by atoms with Gasteiger partial charge in [-0.15, -0.1) is 11.3 Å². The normalized spacial score (nSPS) is 10.4. The molecule has 0 N–H and O–H groups in total. The number of rotatable bonds is 5. The zero-order valence-corrected chi connectivity index (χ0v) is 14.3. The van der Waals surface area contributed by atoms with Gasteiger partial charge < -0.3 is 4.90 Å². The van der Waals surface area contributed by atoms with Gasteiger partial charge in [0.1, 0.15) is 5.69 Å². The monoisotopic (exact) mass is 353 g/mol. The number of hydrogen-bond acceptors (Lipinski definition) is 5. The Kier molecular flexibility index (Phi) is 4.85. The lowest BCUT2D eigenvalue weighted by Crippen LogP contribution is -2.30. The first kappa shape index (κ1) is 16.8. The molecule has 126 valence electrons. The fourth-order valence-electron chi connectivity index (χ4n) is 2.44. The number of thiazole rings is 1.